The highest BCUT2D eigenvalue weighted by Crippen LogP contribution is 2.52. The van der Waals surface area contributed by atoms with Gasteiger partial charge in [0.05, 0.1) is 23.7 Å². The molecule has 3 aliphatic rings. The van der Waals surface area contributed by atoms with Crippen LogP contribution in [0.5, 0.6) is 0 Å². The Hall–Kier alpha value is -2.46. The number of carboxylic acid groups (broad SMARTS) is 2. The van der Waals surface area contributed by atoms with Crippen LogP contribution < -0.4 is 0 Å². The molecule has 30 heavy (non-hydrogen) atoms. The Morgan fingerprint density at radius 2 is 1.03 bits per heavy atom. The summed E-state index contributed by atoms with van der Waals surface area (Å²) in [6.45, 7) is 1.01. The van der Waals surface area contributed by atoms with E-state index in [1.165, 1.54) is 12.2 Å². The lowest BCUT2D eigenvalue weighted by molar-refractivity contribution is -0.182. The number of nitrogens with zero attached hydrogens (tertiary/aromatic N) is 2. The molecule has 1 saturated carbocycles. The van der Waals surface area contributed by atoms with Crippen molar-refractivity contribution in [3.8, 4) is 0 Å². The first-order valence-electron chi connectivity index (χ1n) is 9.83. The smallest absolute Gasteiger partial charge is 0.310 e. The molecule has 3 aliphatic carbocycles. The lowest BCUT2D eigenvalue weighted by Gasteiger charge is -2.48. The first kappa shape index (κ1) is 23.8. The van der Waals surface area contributed by atoms with E-state index in [9.17, 15) is 29.4 Å². The summed E-state index contributed by atoms with van der Waals surface area (Å²) >= 11 is 0. The minimum atomic E-state index is -1.26. The second-order valence-electron chi connectivity index (χ2n) is 8.26. The quantitative estimate of drug-likeness (QED) is 0.352. The van der Waals surface area contributed by atoms with Crippen molar-refractivity contribution in [1.82, 2.24) is 9.80 Å². The van der Waals surface area contributed by atoms with Crippen LogP contribution in [0.2, 0.25) is 0 Å². The van der Waals surface area contributed by atoms with Crippen LogP contribution in [0.4, 0.5) is 0 Å². The summed E-state index contributed by atoms with van der Waals surface area (Å²) in [5.74, 6) is -10.8. The van der Waals surface area contributed by atoms with E-state index in [0.717, 1.165) is 0 Å². The summed E-state index contributed by atoms with van der Waals surface area (Å²) < 4.78 is 10.5. The molecular weight excluding hydrogens is 396 g/mol. The Morgan fingerprint density at radius 3 is 1.30 bits per heavy atom. The molecule has 2 bridgehead atoms. The predicted molar refractivity (Wildman–Crippen MR) is 104 cm³/mol. The van der Waals surface area contributed by atoms with Gasteiger partial charge >= 0.3 is 23.9 Å². The highest BCUT2D eigenvalue weighted by Gasteiger charge is 2.61. The van der Waals surface area contributed by atoms with Crippen molar-refractivity contribution in [2.45, 2.75) is 0 Å². The molecule has 0 amide bonds. The largest absolute Gasteiger partial charge is 0.481 e. The normalized spacial score (nSPS) is 29.8. The molecule has 10 nitrogen and oxygen atoms in total. The van der Waals surface area contributed by atoms with Crippen LogP contribution in [0.3, 0.4) is 0 Å². The van der Waals surface area contributed by atoms with Crippen molar-refractivity contribution in [1.29, 1.82) is 0 Å². The third-order valence-corrected chi connectivity index (χ3v) is 5.67. The molecule has 0 spiro atoms. The van der Waals surface area contributed by atoms with Gasteiger partial charge in [0, 0.05) is 24.9 Å². The molecular formula is C20H30N2O8. The van der Waals surface area contributed by atoms with Gasteiger partial charge in [0.15, 0.2) is 0 Å². The molecule has 3 rings (SSSR count). The zero-order valence-corrected chi connectivity index (χ0v) is 17.7. The molecule has 6 unspecified atom stereocenters. The average molecular weight is 426 g/mol. The molecule has 0 heterocycles. The van der Waals surface area contributed by atoms with Crippen molar-refractivity contribution >= 4 is 23.9 Å². The number of carboxylic acids is 2. The number of carbonyl (C=O) groups excluding carboxylic acids is 2. The van der Waals surface area contributed by atoms with Gasteiger partial charge in [-0.1, -0.05) is 12.2 Å². The lowest BCUT2D eigenvalue weighted by Crippen LogP contribution is -2.58. The number of ether oxygens (including phenoxy) is 2. The molecule has 0 aromatic rings. The van der Waals surface area contributed by atoms with Crippen molar-refractivity contribution in [2.75, 3.05) is 54.5 Å². The summed E-state index contributed by atoms with van der Waals surface area (Å²) in [7, 11) is 7.19. The van der Waals surface area contributed by atoms with E-state index in [1.807, 2.05) is 0 Å². The van der Waals surface area contributed by atoms with Crippen molar-refractivity contribution < 1.29 is 38.9 Å². The second kappa shape index (κ2) is 10.0. The second-order valence-corrected chi connectivity index (χ2v) is 8.26. The zero-order valence-electron chi connectivity index (χ0n) is 17.7. The van der Waals surface area contributed by atoms with Gasteiger partial charge in [-0.2, -0.15) is 0 Å². The van der Waals surface area contributed by atoms with E-state index < -0.39 is 59.4 Å². The SMILES string of the molecule is CN(C)CCOC(=O)C1C2C=CC(C1C(=O)O)C(C(=O)OCCN(C)C)C2C(=O)O. The number of fused-ring (bicyclic) bond motifs is 2. The summed E-state index contributed by atoms with van der Waals surface area (Å²) in [4.78, 5) is 53.1. The molecule has 0 radical (unpaired) electrons. The van der Waals surface area contributed by atoms with Crippen molar-refractivity contribution in [2.24, 2.45) is 35.5 Å². The van der Waals surface area contributed by atoms with E-state index in [4.69, 9.17) is 9.47 Å². The predicted octanol–water partition coefficient (Wildman–Crippen LogP) is -0.354. The van der Waals surface area contributed by atoms with Crippen LogP contribution in [0.1, 0.15) is 0 Å². The number of carbonyl (C=O) groups is 4. The topological polar surface area (TPSA) is 134 Å². The highest BCUT2D eigenvalue weighted by molar-refractivity contribution is 5.89. The summed E-state index contributed by atoms with van der Waals surface area (Å²) in [5, 5.41) is 19.6. The number of likely N-dealkylation sites (N-methyl/N-ethyl adjacent to an activating group) is 2. The average Bonchev–Trinajstić information content (AvgIpc) is 2.65. The molecule has 0 aliphatic heterocycles. The van der Waals surface area contributed by atoms with Gasteiger partial charge in [-0.15, -0.1) is 0 Å². The van der Waals surface area contributed by atoms with Gasteiger partial charge in [-0.25, -0.2) is 0 Å². The zero-order chi connectivity index (χ0) is 22.6. The molecule has 1 fully saturated rings. The number of hydrogen-bond donors (Lipinski definition) is 2. The number of hydrogen-bond acceptors (Lipinski definition) is 8. The van der Waals surface area contributed by atoms with E-state index in [2.05, 4.69) is 0 Å². The Labute approximate surface area is 175 Å². The minimum absolute atomic E-state index is 0.0590. The molecule has 0 aromatic heterocycles. The fourth-order valence-electron chi connectivity index (χ4n) is 4.23. The van der Waals surface area contributed by atoms with Crippen LogP contribution in [0.25, 0.3) is 0 Å². The van der Waals surface area contributed by atoms with Gasteiger partial charge in [0.25, 0.3) is 0 Å². The summed E-state index contributed by atoms with van der Waals surface area (Å²) in [6, 6.07) is 0. The lowest BCUT2D eigenvalue weighted by atomic mass is 9.53. The highest BCUT2D eigenvalue weighted by atomic mass is 16.5. The van der Waals surface area contributed by atoms with E-state index in [1.54, 1.807) is 38.0 Å². The van der Waals surface area contributed by atoms with Gasteiger partial charge in [-0.3, -0.25) is 19.2 Å². The van der Waals surface area contributed by atoms with Gasteiger partial charge < -0.3 is 29.5 Å². The molecule has 0 saturated heterocycles. The monoisotopic (exact) mass is 426 g/mol. The van der Waals surface area contributed by atoms with E-state index in [-0.39, 0.29) is 13.2 Å². The van der Waals surface area contributed by atoms with Crippen LogP contribution in [-0.2, 0) is 28.7 Å². The third kappa shape index (κ3) is 5.17. The molecule has 0 aromatic carbocycles. The maximum atomic E-state index is 12.7. The summed E-state index contributed by atoms with van der Waals surface area (Å²) in [6.07, 6.45) is 3.06. The minimum Gasteiger partial charge on any atom is -0.481 e. The molecule has 10 heteroatoms. The van der Waals surface area contributed by atoms with Crippen LogP contribution in [-0.4, -0.2) is 98.4 Å². The number of aliphatic carboxylic acids is 2. The molecule has 2 N–H and O–H groups in total. The number of allylic oxidation sites excluding steroid dienone is 2. The fraction of sp³-hybridized carbons (Fsp3) is 0.700. The fourth-order valence-corrected chi connectivity index (χ4v) is 4.23. The van der Waals surface area contributed by atoms with Gasteiger partial charge in [0.2, 0.25) is 0 Å². The van der Waals surface area contributed by atoms with Crippen molar-refractivity contribution in [3.05, 3.63) is 12.2 Å². The van der Waals surface area contributed by atoms with Crippen LogP contribution >= 0.6 is 0 Å². The first-order chi connectivity index (χ1) is 14.1. The summed E-state index contributed by atoms with van der Waals surface area (Å²) in [5.41, 5.74) is 0. The third-order valence-electron chi connectivity index (χ3n) is 5.67. The van der Waals surface area contributed by atoms with Crippen LogP contribution in [0.15, 0.2) is 12.2 Å². The first-order valence-corrected chi connectivity index (χ1v) is 9.83. The molecule has 6 atom stereocenters. The Balaban J connectivity index is 2.28. The Bertz CT molecular complexity index is 647. The van der Waals surface area contributed by atoms with Gasteiger partial charge in [-0.05, 0) is 28.2 Å². The number of rotatable bonds is 10. The standard InChI is InChI=1S/C20H30N2O8/c1-21(2)7-9-29-19(27)15-11-5-6-12(13(15)17(23)24)16(14(11)18(25)26)20(28)30-10-8-22(3)4/h5-6,11-16H,7-10H2,1-4H3,(H,23,24)(H,25,26). The Morgan fingerprint density at radius 1 is 0.700 bits per heavy atom. The van der Waals surface area contributed by atoms with E-state index >= 15 is 0 Å². The van der Waals surface area contributed by atoms with E-state index in [0.29, 0.717) is 13.1 Å². The van der Waals surface area contributed by atoms with Gasteiger partial charge in [0.1, 0.15) is 13.2 Å². The maximum Gasteiger partial charge on any atom is 0.310 e. The van der Waals surface area contributed by atoms with Crippen molar-refractivity contribution in [3.63, 3.8) is 0 Å². The molecule has 168 valence electrons. The number of esters is 2. The maximum absolute atomic E-state index is 12.7. The Kier molecular flexibility index (Phi) is 7.96. The van der Waals surface area contributed by atoms with Crippen LogP contribution in [0, 0.1) is 35.5 Å².